The van der Waals surface area contributed by atoms with Crippen LogP contribution in [-0.4, -0.2) is 35.9 Å². The molecule has 10 heteroatoms. The molecule has 1 aliphatic heterocycles. The highest BCUT2D eigenvalue weighted by Gasteiger charge is 2.22. The van der Waals surface area contributed by atoms with Gasteiger partial charge < -0.3 is 19.4 Å². The maximum Gasteiger partial charge on any atom is 0.306 e. The number of anilines is 2. The van der Waals surface area contributed by atoms with Gasteiger partial charge >= 0.3 is 5.97 Å². The number of carbonyl (C=O) groups is 3. The van der Waals surface area contributed by atoms with Crippen molar-refractivity contribution >= 4 is 29.2 Å². The number of nitrogens with zero attached hydrogens (tertiary/aromatic N) is 2. The number of benzene rings is 2. The van der Waals surface area contributed by atoms with E-state index in [-0.39, 0.29) is 36.0 Å². The lowest BCUT2D eigenvalue weighted by atomic mass is 10.2. The number of hydrogen-bond donors (Lipinski definition) is 1. The summed E-state index contributed by atoms with van der Waals surface area (Å²) < 4.78 is 37.3. The van der Waals surface area contributed by atoms with E-state index in [4.69, 9.17) is 9.15 Å². The summed E-state index contributed by atoms with van der Waals surface area (Å²) in [6.45, 7) is 0.155. The van der Waals surface area contributed by atoms with Gasteiger partial charge in [-0.15, -0.1) is 0 Å². The van der Waals surface area contributed by atoms with Crippen molar-refractivity contribution in [3.8, 4) is 11.3 Å². The van der Waals surface area contributed by atoms with Gasteiger partial charge in [0.15, 0.2) is 18.3 Å². The van der Waals surface area contributed by atoms with Crippen LogP contribution in [0.1, 0.15) is 25.2 Å². The molecule has 1 saturated heterocycles. The summed E-state index contributed by atoms with van der Waals surface area (Å²) in [4.78, 5) is 41.7. The third kappa shape index (κ3) is 5.64. The Morgan fingerprint density at radius 1 is 1.18 bits per heavy atom. The average molecular weight is 469 g/mol. The first-order chi connectivity index (χ1) is 16.4. The number of amides is 2. The van der Waals surface area contributed by atoms with Crippen LogP contribution in [0.15, 0.2) is 53.1 Å². The Labute approximate surface area is 193 Å². The molecule has 2 heterocycles. The van der Waals surface area contributed by atoms with E-state index in [1.54, 1.807) is 29.2 Å². The molecule has 0 unspecified atom stereocenters. The predicted octanol–water partition coefficient (Wildman–Crippen LogP) is 3.86. The molecule has 0 spiro atoms. The highest BCUT2D eigenvalue weighted by molar-refractivity contribution is 5.97. The van der Waals surface area contributed by atoms with Crippen LogP contribution in [0.3, 0.4) is 0 Å². The molecule has 4 rings (SSSR count). The molecular weight excluding hydrogens is 448 g/mol. The first kappa shape index (κ1) is 23.1. The molecule has 3 aromatic rings. The Balaban J connectivity index is 1.23. The number of halogens is 2. The number of rotatable bonds is 8. The predicted molar refractivity (Wildman–Crippen MR) is 118 cm³/mol. The van der Waals surface area contributed by atoms with E-state index in [1.807, 2.05) is 0 Å². The largest absolute Gasteiger partial charge is 0.456 e. The molecular formula is C24H21F2N3O5. The zero-order valence-electron chi connectivity index (χ0n) is 18.1. The molecule has 0 atom stereocenters. The van der Waals surface area contributed by atoms with Crippen molar-refractivity contribution in [3.05, 3.63) is 66.2 Å². The van der Waals surface area contributed by atoms with Crippen LogP contribution < -0.4 is 10.2 Å². The fourth-order valence-electron chi connectivity index (χ4n) is 3.54. The molecule has 1 aliphatic rings. The summed E-state index contributed by atoms with van der Waals surface area (Å²) in [5, 5.41) is 2.63. The van der Waals surface area contributed by atoms with Gasteiger partial charge in [0.25, 0.3) is 5.91 Å². The summed E-state index contributed by atoms with van der Waals surface area (Å²) in [5.74, 6) is -2.33. The Morgan fingerprint density at radius 3 is 2.79 bits per heavy atom. The topological polar surface area (TPSA) is 102 Å². The monoisotopic (exact) mass is 469 g/mol. The van der Waals surface area contributed by atoms with Crippen LogP contribution in [0.4, 0.5) is 20.2 Å². The number of carbonyl (C=O) groups excluding carboxylic acids is 3. The van der Waals surface area contributed by atoms with Gasteiger partial charge in [-0.1, -0.05) is 6.07 Å². The van der Waals surface area contributed by atoms with Crippen molar-refractivity contribution in [1.82, 2.24) is 4.98 Å². The maximum absolute atomic E-state index is 13.9. The summed E-state index contributed by atoms with van der Waals surface area (Å²) in [6, 6.07) is 9.96. The Morgan fingerprint density at radius 2 is 2.03 bits per heavy atom. The van der Waals surface area contributed by atoms with E-state index < -0.39 is 30.1 Å². The van der Waals surface area contributed by atoms with Crippen molar-refractivity contribution in [1.29, 1.82) is 0 Å². The van der Waals surface area contributed by atoms with Crippen LogP contribution in [-0.2, 0) is 25.5 Å². The second kappa shape index (κ2) is 10.2. The first-order valence-electron chi connectivity index (χ1n) is 10.6. The summed E-state index contributed by atoms with van der Waals surface area (Å²) in [6.07, 6.45) is 2.56. The van der Waals surface area contributed by atoms with E-state index >= 15 is 0 Å². The fourth-order valence-corrected chi connectivity index (χ4v) is 3.54. The Hall–Kier alpha value is -4.08. The van der Waals surface area contributed by atoms with Gasteiger partial charge in [-0.25, -0.2) is 13.8 Å². The van der Waals surface area contributed by atoms with Gasteiger partial charge in [0.1, 0.15) is 11.6 Å². The van der Waals surface area contributed by atoms with Gasteiger partial charge in [-0.05, 0) is 36.8 Å². The minimum atomic E-state index is -0.786. The molecule has 0 radical (unpaired) electrons. The number of nitrogens with one attached hydrogen (secondary N) is 1. The highest BCUT2D eigenvalue weighted by atomic mass is 19.1. The highest BCUT2D eigenvalue weighted by Crippen LogP contribution is 2.25. The Kier molecular flexibility index (Phi) is 6.95. The van der Waals surface area contributed by atoms with Gasteiger partial charge in [0.05, 0.1) is 18.2 Å². The lowest BCUT2D eigenvalue weighted by Gasteiger charge is -2.16. The summed E-state index contributed by atoms with van der Waals surface area (Å²) in [7, 11) is 0. The van der Waals surface area contributed by atoms with E-state index in [2.05, 4.69) is 10.3 Å². The van der Waals surface area contributed by atoms with Gasteiger partial charge in [-0.2, -0.15) is 0 Å². The van der Waals surface area contributed by atoms with Crippen molar-refractivity contribution in [3.63, 3.8) is 0 Å². The maximum atomic E-state index is 13.9. The van der Waals surface area contributed by atoms with Crippen LogP contribution in [0.25, 0.3) is 11.3 Å². The number of hydrogen-bond acceptors (Lipinski definition) is 6. The first-order valence-corrected chi connectivity index (χ1v) is 10.6. The van der Waals surface area contributed by atoms with Crippen molar-refractivity contribution < 1.29 is 32.3 Å². The lowest BCUT2D eigenvalue weighted by Crippen LogP contribution is -2.24. The molecule has 1 N–H and O–H groups in total. The van der Waals surface area contributed by atoms with Crippen molar-refractivity contribution in [2.45, 2.75) is 25.7 Å². The van der Waals surface area contributed by atoms with E-state index in [0.717, 1.165) is 18.6 Å². The molecule has 176 valence electrons. The Bertz CT molecular complexity index is 1230. The molecule has 1 aromatic heterocycles. The molecule has 1 fully saturated rings. The van der Waals surface area contributed by atoms with Crippen molar-refractivity contribution in [2.75, 3.05) is 23.4 Å². The van der Waals surface area contributed by atoms with Gasteiger partial charge in [0.2, 0.25) is 5.91 Å². The number of aromatic nitrogens is 1. The molecule has 2 amide bonds. The van der Waals surface area contributed by atoms with Crippen LogP contribution in [0, 0.1) is 11.6 Å². The second-order valence-corrected chi connectivity index (χ2v) is 7.65. The number of aryl methyl sites for hydroxylation is 1. The van der Waals surface area contributed by atoms with Crippen LogP contribution in [0.5, 0.6) is 0 Å². The van der Waals surface area contributed by atoms with Crippen molar-refractivity contribution in [2.24, 2.45) is 0 Å². The molecule has 0 aliphatic carbocycles. The second-order valence-electron chi connectivity index (χ2n) is 7.65. The smallest absolute Gasteiger partial charge is 0.306 e. The van der Waals surface area contributed by atoms with Gasteiger partial charge in [-0.3, -0.25) is 14.4 Å². The molecule has 0 bridgehead atoms. The minimum Gasteiger partial charge on any atom is -0.456 e. The zero-order valence-corrected chi connectivity index (χ0v) is 18.1. The third-order valence-electron chi connectivity index (χ3n) is 5.17. The molecule has 34 heavy (non-hydrogen) atoms. The number of oxazole rings is 1. The van der Waals surface area contributed by atoms with Crippen LogP contribution in [0.2, 0.25) is 0 Å². The standard InChI is InChI=1S/C24H21F2N3O5/c25-15-6-7-18(19(26)11-15)20-13-27-22(34-20)8-9-24(32)33-14-21(30)28-16-3-1-4-17(12-16)29-10-2-5-23(29)31/h1,3-4,6-7,11-13H,2,5,8-10,14H2,(H,28,30). The molecule has 8 nitrogen and oxygen atoms in total. The normalized spacial score (nSPS) is 13.2. The minimum absolute atomic E-state index is 0.0402. The van der Waals surface area contributed by atoms with Crippen LogP contribution >= 0.6 is 0 Å². The van der Waals surface area contributed by atoms with E-state index in [9.17, 15) is 23.2 Å². The quantitative estimate of drug-likeness (QED) is 0.503. The number of esters is 1. The van der Waals surface area contributed by atoms with Gasteiger partial charge in [0, 0.05) is 36.8 Å². The molecule has 2 aromatic carbocycles. The third-order valence-corrected chi connectivity index (χ3v) is 5.17. The van der Waals surface area contributed by atoms with E-state index in [1.165, 1.54) is 12.3 Å². The SMILES string of the molecule is O=C(COC(=O)CCc1ncc(-c2ccc(F)cc2F)o1)Nc1cccc(N2CCCC2=O)c1. The number of ether oxygens (including phenoxy) is 1. The summed E-state index contributed by atoms with van der Waals surface area (Å²) >= 11 is 0. The molecule has 0 saturated carbocycles. The average Bonchev–Trinajstić information content (AvgIpc) is 3.45. The van der Waals surface area contributed by atoms with E-state index in [0.29, 0.717) is 24.3 Å². The fraction of sp³-hybridized carbons (Fsp3) is 0.250. The zero-order chi connectivity index (χ0) is 24.1. The lowest BCUT2D eigenvalue weighted by molar-refractivity contribution is -0.147. The summed E-state index contributed by atoms with van der Waals surface area (Å²) in [5.41, 5.74) is 1.24.